The standard InChI is InChI=1S/C14H21NO3/c16-14(17)13-11-9-7-5-3-1-2-4-6-8-10-12(11)18-15-13/h1-10H2,(H,16,17). The average Bonchev–Trinajstić information content (AvgIpc) is 2.72. The molecule has 0 aliphatic heterocycles. The van der Waals surface area contributed by atoms with Gasteiger partial charge in [-0.3, -0.25) is 0 Å². The smallest absolute Gasteiger partial charge is 0.358 e. The second kappa shape index (κ2) is 6.57. The third kappa shape index (κ3) is 3.34. The quantitative estimate of drug-likeness (QED) is 0.828. The summed E-state index contributed by atoms with van der Waals surface area (Å²) in [4.78, 5) is 11.1. The molecule has 18 heavy (non-hydrogen) atoms. The number of aromatic carboxylic acids is 1. The molecule has 1 aliphatic rings. The Bertz CT molecular complexity index is 398. The molecule has 4 nitrogen and oxygen atoms in total. The van der Waals surface area contributed by atoms with E-state index in [1.165, 1.54) is 38.5 Å². The van der Waals surface area contributed by atoms with Gasteiger partial charge < -0.3 is 9.63 Å². The fourth-order valence-electron chi connectivity index (χ4n) is 2.61. The van der Waals surface area contributed by atoms with Gasteiger partial charge in [0.1, 0.15) is 5.76 Å². The molecule has 2 rings (SSSR count). The molecule has 0 saturated carbocycles. The third-order valence-electron chi connectivity index (χ3n) is 3.65. The van der Waals surface area contributed by atoms with E-state index in [4.69, 9.17) is 9.63 Å². The molecule has 1 aromatic heterocycles. The molecule has 0 amide bonds. The molecule has 0 spiro atoms. The van der Waals surface area contributed by atoms with Crippen LogP contribution in [0.4, 0.5) is 0 Å². The van der Waals surface area contributed by atoms with E-state index in [-0.39, 0.29) is 5.69 Å². The molecular weight excluding hydrogens is 230 g/mol. The van der Waals surface area contributed by atoms with Crippen molar-refractivity contribution in [1.82, 2.24) is 5.16 Å². The number of carboxylic acids is 1. The fourth-order valence-corrected chi connectivity index (χ4v) is 2.61. The first kappa shape index (κ1) is 13.1. The van der Waals surface area contributed by atoms with Gasteiger partial charge in [-0.15, -0.1) is 0 Å². The van der Waals surface area contributed by atoms with E-state index in [1.54, 1.807) is 0 Å². The lowest BCUT2D eigenvalue weighted by Gasteiger charge is -2.06. The van der Waals surface area contributed by atoms with Gasteiger partial charge in [-0.25, -0.2) is 4.79 Å². The summed E-state index contributed by atoms with van der Waals surface area (Å²) in [7, 11) is 0. The van der Waals surface area contributed by atoms with Crippen LogP contribution in [0.15, 0.2) is 4.52 Å². The summed E-state index contributed by atoms with van der Waals surface area (Å²) >= 11 is 0. The Labute approximate surface area is 107 Å². The van der Waals surface area contributed by atoms with Gasteiger partial charge in [0.25, 0.3) is 0 Å². The van der Waals surface area contributed by atoms with Crippen LogP contribution in [0, 0.1) is 0 Å². The molecule has 1 aromatic rings. The average molecular weight is 251 g/mol. The van der Waals surface area contributed by atoms with Gasteiger partial charge >= 0.3 is 5.97 Å². The van der Waals surface area contributed by atoms with Gasteiger partial charge in [0.15, 0.2) is 5.69 Å². The van der Waals surface area contributed by atoms with E-state index < -0.39 is 5.97 Å². The monoisotopic (exact) mass is 251 g/mol. The number of carboxylic acid groups (broad SMARTS) is 1. The molecule has 0 fully saturated rings. The first-order chi connectivity index (χ1) is 8.79. The molecule has 0 aromatic carbocycles. The Morgan fingerprint density at radius 2 is 1.50 bits per heavy atom. The highest BCUT2D eigenvalue weighted by Crippen LogP contribution is 2.22. The van der Waals surface area contributed by atoms with Crippen LogP contribution in [0.3, 0.4) is 0 Å². The number of rotatable bonds is 1. The van der Waals surface area contributed by atoms with Crippen molar-refractivity contribution in [3.8, 4) is 0 Å². The minimum atomic E-state index is -0.966. The molecular formula is C14H21NO3. The highest BCUT2D eigenvalue weighted by Gasteiger charge is 2.20. The number of hydrogen-bond donors (Lipinski definition) is 1. The van der Waals surface area contributed by atoms with Crippen LogP contribution in [0.1, 0.15) is 73.2 Å². The van der Waals surface area contributed by atoms with Crippen molar-refractivity contribution < 1.29 is 14.4 Å². The van der Waals surface area contributed by atoms with E-state index in [0.29, 0.717) is 0 Å². The Hall–Kier alpha value is -1.32. The van der Waals surface area contributed by atoms with Crippen molar-refractivity contribution in [3.05, 3.63) is 17.0 Å². The van der Waals surface area contributed by atoms with E-state index in [2.05, 4.69) is 5.16 Å². The van der Waals surface area contributed by atoms with Gasteiger partial charge in [-0.1, -0.05) is 43.7 Å². The fraction of sp³-hybridized carbons (Fsp3) is 0.714. The maximum Gasteiger partial charge on any atom is 0.358 e. The van der Waals surface area contributed by atoms with Gasteiger partial charge in [0.05, 0.1) is 0 Å². The summed E-state index contributed by atoms with van der Waals surface area (Å²) in [6.45, 7) is 0. The van der Waals surface area contributed by atoms with Gasteiger partial charge in [-0.2, -0.15) is 0 Å². The maximum absolute atomic E-state index is 11.1. The summed E-state index contributed by atoms with van der Waals surface area (Å²) in [5, 5.41) is 12.8. The molecule has 1 N–H and O–H groups in total. The van der Waals surface area contributed by atoms with E-state index in [9.17, 15) is 4.79 Å². The van der Waals surface area contributed by atoms with Crippen LogP contribution in [0.25, 0.3) is 0 Å². The molecule has 4 heteroatoms. The second-order valence-corrected chi connectivity index (χ2v) is 5.07. The highest BCUT2D eigenvalue weighted by atomic mass is 16.5. The van der Waals surface area contributed by atoms with Gasteiger partial charge in [0, 0.05) is 12.0 Å². The normalized spacial score (nSPS) is 18.4. The van der Waals surface area contributed by atoms with Crippen molar-refractivity contribution in [2.24, 2.45) is 0 Å². The zero-order valence-electron chi connectivity index (χ0n) is 10.8. The van der Waals surface area contributed by atoms with Crippen LogP contribution in [0.2, 0.25) is 0 Å². The third-order valence-corrected chi connectivity index (χ3v) is 3.65. The van der Waals surface area contributed by atoms with Gasteiger partial charge in [0.2, 0.25) is 0 Å². The second-order valence-electron chi connectivity index (χ2n) is 5.07. The van der Waals surface area contributed by atoms with E-state index in [1.807, 2.05) is 0 Å². The van der Waals surface area contributed by atoms with E-state index >= 15 is 0 Å². The zero-order chi connectivity index (χ0) is 12.8. The Kier molecular flexibility index (Phi) is 4.79. The van der Waals surface area contributed by atoms with Crippen molar-refractivity contribution >= 4 is 5.97 Å². The highest BCUT2D eigenvalue weighted by molar-refractivity contribution is 5.87. The van der Waals surface area contributed by atoms with Crippen LogP contribution in [-0.4, -0.2) is 16.2 Å². The SMILES string of the molecule is O=C(O)c1noc2c1CCCCCCCCCC2. The Morgan fingerprint density at radius 3 is 2.11 bits per heavy atom. The minimum Gasteiger partial charge on any atom is -0.476 e. The number of carbonyl (C=O) groups is 1. The molecule has 100 valence electrons. The summed E-state index contributed by atoms with van der Waals surface area (Å²) in [6, 6.07) is 0. The lowest BCUT2D eigenvalue weighted by Crippen LogP contribution is -2.03. The van der Waals surface area contributed by atoms with Gasteiger partial charge in [-0.05, 0) is 19.3 Å². The predicted octanol–water partition coefficient (Wildman–Crippen LogP) is 3.59. The summed E-state index contributed by atoms with van der Waals surface area (Å²) < 4.78 is 5.22. The molecule has 0 saturated heterocycles. The topological polar surface area (TPSA) is 63.3 Å². The lowest BCUT2D eigenvalue weighted by atomic mass is 9.98. The van der Waals surface area contributed by atoms with Crippen molar-refractivity contribution in [2.45, 2.75) is 64.2 Å². The molecule has 0 radical (unpaired) electrons. The Morgan fingerprint density at radius 1 is 0.944 bits per heavy atom. The van der Waals surface area contributed by atoms with Crippen LogP contribution in [0.5, 0.6) is 0 Å². The molecule has 0 atom stereocenters. The first-order valence-electron chi connectivity index (χ1n) is 7.00. The summed E-state index contributed by atoms with van der Waals surface area (Å²) in [5.41, 5.74) is 0.963. The minimum absolute atomic E-state index is 0.127. The molecule has 1 aliphatic carbocycles. The van der Waals surface area contributed by atoms with Crippen molar-refractivity contribution in [2.75, 3.05) is 0 Å². The van der Waals surface area contributed by atoms with Crippen molar-refractivity contribution in [3.63, 3.8) is 0 Å². The predicted molar refractivity (Wildman–Crippen MR) is 67.8 cm³/mol. The zero-order valence-corrected chi connectivity index (χ0v) is 10.8. The molecule has 1 heterocycles. The van der Waals surface area contributed by atoms with E-state index in [0.717, 1.165) is 37.0 Å². The largest absolute Gasteiger partial charge is 0.476 e. The Balaban J connectivity index is 2.11. The number of aromatic nitrogens is 1. The van der Waals surface area contributed by atoms with Crippen LogP contribution < -0.4 is 0 Å². The lowest BCUT2D eigenvalue weighted by molar-refractivity contribution is 0.0684. The number of fused-ring (bicyclic) bond motifs is 1. The summed E-state index contributed by atoms with van der Waals surface area (Å²) in [5.74, 6) is -0.167. The van der Waals surface area contributed by atoms with Crippen LogP contribution >= 0.6 is 0 Å². The van der Waals surface area contributed by atoms with Crippen molar-refractivity contribution in [1.29, 1.82) is 0 Å². The number of hydrogen-bond acceptors (Lipinski definition) is 3. The first-order valence-corrected chi connectivity index (χ1v) is 7.00. The summed E-state index contributed by atoms with van der Waals surface area (Å²) in [6.07, 6.45) is 11.3. The maximum atomic E-state index is 11.1. The number of aryl methyl sites for hydroxylation is 1. The molecule has 0 bridgehead atoms. The number of nitrogens with zero attached hydrogens (tertiary/aromatic N) is 1. The molecule has 0 unspecified atom stereocenters. The van der Waals surface area contributed by atoms with Crippen LogP contribution in [-0.2, 0) is 12.8 Å².